The summed E-state index contributed by atoms with van der Waals surface area (Å²) in [5.41, 5.74) is 5.94. The number of benzene rings is 1. The average molecular weight is 294 g/mol. The fraction of sp³-hybridized carbons (Fsp3) is 0.450. The van der Waals surface area contributed by atoms with E-state index in [1.54, 1.807) is 0 Å². The van der Waals surface area contributed by atoms with Crippen LogP contribution in [0.4, 0.5) is 0 Å². The van der Waals surface area contributed by atoms with Crippen LogP contribution in [0, 0.1) is 10.8 Å². The lowest BCUT2D eigenvalue weighted by Gasteiger charge is -2.33. The molecule has 0 bridgehead atoms. The third kappa shape index (κ3) is 1.73. The Morgan fingerprint density at radius 1 is 0.909 bits per heavy atom. The molecule has 1 aromatic carbocycles. The molecule has 2 nitrogen and oxygen atoms in total. The molecule has 1 aliphatic heterocycles. The second-order valence-electron chi connectivity index (χ2n) is 7.67. The number of hydrogen-bond acceptors (Lipinski definition) is 2. The first-order valence-electron chi connectivity index (χ1n) is 8.06. The van der Waals surface area contributed by atoms with Crippen molar-refractivity contribution >= 4 is 11.4 Å². The first-order chi connectivity index (χ1) is 10.4. The molecule has 1 saturated heterocycles. The highest BCUT2D eigenvalue weighted by Crippen LogP contribution is 2.59. The largest absolute Gasteiger partial charge is 0.372 e. The molecule has 2 fully saturated rings. The van der Waals surface area contributed by atoms with Gasteiger partial charge >= 0.3 is 0 Å². The normalized spacial score (nSPS) is 29.9. The van der Waals surface area contributed by atoms with Crippen LogP contribution in [0.15, 0.2) is 47.1 Å². The maximum atomic E-state index is 13.1. The van der Waals surface area contributed by atoms with Gasteiger partial charge in [-0.1, -0.05) is 44.2 Å². The summed E-state index contributed by atoms with van der Waals surface area (Å²) in [6.07, 6.45) is 1.70. The minimum atomic E-state index is -0.346. The molecule has 1 heterocycles. The van der Waals surface area contributed by atoms with Gasteiger partial charge in [-0.3, -0.25) is 4.79 Å². The molecular formula is C20H22O2. The zero-order valence-electron chi connectivity index (χ0n) is 13.5. The van der Waals surface area contributed by atoms with E-state index in [0.717, 1.165) is 12.8 Å². The number of carbonyl (C=O) groups is 1. The maximum absolute atomic E-state index is 13.1. The Hall–Kier alpha value is -1.67. The minimum absolute atomic E-state index is 0.253. The molecule has 114 valence electrons. The number of rotatable bonds is 1. The van der Waals surface area contributed by atoms with Crippen LogP contribution >= 0.6 is 0 Å². The molecule has 0 amide bonds. The Balaban J connectivity index is 1.92. The van der Waals surface area contributed by atoms with Crippen molar-refractivity contribution in [3.05, 3.63) is 52.6 Å². The predicted octanol–water partition coefficient (Wildman–Crippen LogP) is 4.18. The van der Waals surface area contributed by atoms with Crippen LogP contribution in [0.25, 0.3) is 5.57 Å². The lowest BCUT2D eigenvalue weighted by Crippen LogP contribution is -2.32. The molecule has 3 aliphatic rings. The summed E-state index contributed by atoms with van der Waals surface area (Å²) >= 11 is 0. The SMILES string of the molecule is CC1(C)CC2=C3COCC3=C(c3ccccc3)CC2(C)C1=O. The fourth-order valence-corrected chi connectivity index (χ4v) is 4.57. The van der Waals surface area contributed by atoms with Crippen LogP contribution in [-0.4, -0.2) is 19.0 Å². The van der Waals surface area contributed by atoms with Gasteiger partial charge in [-0.15, -0.1) is 0 Å². The van der Waals surface area contributed by atoms with E-state index in [-0.39, 0.29) is 10.8 Å². The standard InChI is InChI=1S/C20H22O2/c1-19(2)10-17-16-12-22-11-15(16)14(9-20(17,3)18(19)21)13-7-5-4-6-8-13/h4-8H,9-12H2,1-3H3. The molecule has 2 heteroatoms. The number of carbonyl (C=O) groups excluding carboxylic acids is 1. The summed E-state index contributed by atoms with van der Waals surface area (Å²) < 4.78 is 5.77. The molecular weight excluding hydrogens is 272 g/mol. The number of fused-ring (bicyclic) bond motifs is 2. The van der Waals surface area contributed by atoms with Crippen LogP contribution in [-0.2, 0) is 9.53 Å². The predicted molar refractivity (Wildman–Crippen MR) is 87.3 cm³/mol. The third-order valence-electron chi connectivity index (χ3n) is 5.64. The van der Waals surface area contributed by atoms with Crippen molar-refractivity contribution in [2.45, 2.75) is 33.6 Å². The smallest absolute Gasteiger partial charge is 0.149 e. The van der Waals surface area contributed by atoms with Gasteiger partial charge in [-0.05, 0) is 47.6 Å². The zero-order valence-corrected chi connectivity index (χ0v) is 13.5. The van der Waals surface area contributed by atoms with Gasteiger partial charge in [0.05, 0.1) is 18.6 Å². The lowest BCUT2D eigenvalue weighted by atomic mass is 9.68. The highest BCUT2D eigenvalue weighted by Gasteiger charge is 2.55. The number of allylic oxidation sites excluding steroid dienone is 2. The van der Waals surface area contributed by atoms with Crippen molar-refractivity contribution in [2.24, 2.45) is 10.8 Å². The summed E-state index contributed by atoms with van der Waals surface area (Å²) in [7, 11) is 0. The van der Waals surface area contributed by atoms with Crippen LogP contribution in [0.3, 0.4) is 0 Å². The molecule has 1 saturated carbocycles. The highest BCUT2D eigenvalue weighted by atomic mass is 16.5. The molecule has 2 aliphatic carbocycles. The van der Waals surface area contributed by atoms with E-state index >= 15 is 0 Å². The van der Waals surface area contributed by atoms with Gasteiger partial charge in [0.15, 0.2) is 0 Å². The molecule has 1 atom stereocenters. The fourth-order valence-electron chi connectivity index (χ4n) is 4.57. The topological polar surface area (TPSA) is 26.3 Å². The first kappa shape index (κ1) is 14.0. The first-order valence-corrected chi connectivity index (χ1v) is 8.06. The molecule has 0 aromatic heterocycles. The second kappa shape index (κ2) is 4.42. The number of ether oxygens (including phenoxy) is 1. The van der Waals surface area contributed by atoms with Crippen molar-refractivity contribution in [1.82, 2.24) is 0 Å². The number of ketones is 1. The van der Waals surface area contributed by atoms with E-state index in [1.807, 2.05) is 6.07 Å². The van der Waals surface area contributed by atoms with E-state index in [4.69, 9.17) is 4.74 Å². The van der Waals surface area contributed by atoms with Crippen molar-refractivity contribution in [3.63, 3.8) is 0 Å². The number of hydrogen-bond donors (Lipinski definition) is 0. The number of Topliss-reactive ketones (excluding diaryl/α,β-unsaturated/α-hetero) is 1. The summed E-state index contributed by atoms with van der Waals surface area (Å²) in [6, 6.07) is 10.5. The van der Waals surface area contributed by atoms with E-state index in [0.29, 0.717) is 19.0 Å². The van der Waals surface area contributed by atoms with E-state index in [1.165, 1.54) is 27.9 Å². The Morgan fingerprint density at radius 3 is 2.32 bits per heavy atom. The van der Waals surface area contributed by atoms with Crippen LogP contribution in [0.5, 0.6) is 0 Å². The van der Waals surface area contributed by atoms with E-state index in [9.17, 15) is 4.79 Å². The van der Waals surface area contributed by atoms with Gasteiger partial charge in [0.2, 0.25) is 0 Å². The zero-order chi connectivity index (χ0) is 15.5. The van der Waals surface area contributed by atoms with Gasteiger partial charge in [0.25, 0.3) is 0 Å². The Bertz CT molecular complexity index is 721. The molecule has 1 unspecified atom stereocenters. The van der Waals surface area contributed by atoms with Gasteiger partial charge in [-0.2, -0.15) is 0 Å². The van der Waals surface area contributed by atoms with Gasteiger partial charge in [0.1, 0.15) is 5.78 Å². The Labute approximate surface area is 131 Å². The molecule has 4 rings (SSSR count). The summed E-state index contributed by atoms with van der Waals surface area (Å²) in [4.78, 5) is 13.1. The van der Waals surface area contributed by atoms with Gasteiger partial charge < -0.3 is 4.74 Å². The van der Waals surface area contributed by atoms with Crippen molar-refractivity contribution in [3.8, 4) is 0 Å². The highest BCUT2D eigenvalue weighted by molar-refractivity contribution is 5.99. The second-order valence-corrected chi connectivity index (χ2v) is 7.67. The summed E-state index contributed by atoms with van der Waals surface area (Å²) in [5, 5.41) is 0. The van der Waals surface area contributed by atoms with Crippen LogP contribution in [0.1, 0.15) is 39.2 Å². The van der Waals surface area contributed by atoms with Gasteiger partial charge in [-0.25, -0.2) is 0 Å². The maximum Gasteiger partial charge on any atom is 0.149 e. The molecule has 0 spiro atoms. The quantitative estimate of drug-likeness (QED) is 0.777. The van der Waals surface area contributed by atoms with E-state index in [2.05, 4.69) is 45.0 Å². The van der Waals surface area contributed by atoms with E-state index < -0.39 is 0 Å². The molecule has 0 N–H and O–H groups in total. The molecule has 22 heavy (non-hydrogen) atoms. The summed E-state index contributed by atoms with van der Waals surface area (Å²) in [5.74, 6) is 0.391. The molecule has 0 radical (unpaired) electrons. The van der Waals surface area contributed by atoms with Crippen molar-refractivity contribution in [2.75, 3.05) is 13.2 Å². The van der Waals surface area contributed by atoms with Crippen molar-refractivity contribution < 1.29 is 9.53 Å². The van der Waals surface area contributed by atoms with Gasteiger partial charge in [0, 0.05) is 5.41 Å². The lowest BCUT2D eigenvalue weighted by molar-refractivity contribution is -0.130. The van der Waals surface area contributed by atoms with Crippen molar-refractivity contribution in [1.29, 1.82) is 0 Å². The third-order valence-corrected chi connectivity index (χ3v) is 5.64. The monoisotopic (exact) mass is 294 g/mol. The van der Waals surface area contributed by atoms with Crippen LogP contribution < -0.4 is 0 Å². The Kier molecular flexibility index (Phi) is 2.80. The minimum Gasteiger partial charge on any atom is -0.372 e. The average Bonchev–Trinajstić information content (AvgIpc) is 3.05. The summed E-state index contributed by atoms with van der Waals surface area (Å²) in [6.45, 7) is 7.67. The van der Waals surface area contributed by atoms with Crippen LogP contribution in [0.2, 0.25) is 0 Å². The molecule has 1 aromatic rings. The Morgan fingerprint density at radius 2 is 1.59 bits per heavy atom.